The number of nitrogens with one attached hydrogen (secondary N) is 1. The van der Waals surface area contributed by atoms with E-state index in [-0.39, 0.29) is 5.60 Å². The number of rotatable bonds is 1. The van der Waals surface area contributed by atoms with Gasteiger partial charge in [-0.15, -0.1) is 0 Å². The molecule has 2 rings (SSSR count). The Hall–Kier alpha value is -0.0800. The third kappa shape index (κ3) is 1.38. The highest BCUT2D eigenvalue weighted by molar-refractivity contribution is 4.94. The zero-order valence-corrected chi connectivity index (χ0v) is 7.84. The molecule has 2 nitrogen and oxygen atoms in total. The van der Waals surface area contributed by atoms with E-state index in [4.69, 9.17) is 0 Å². The highest BCUT2D eigenvalue weighted by Gasteiger charge is 2.41. The summed E-state index contributed by atoms with van der Waals surface area (Å²) in [6.07, 6.45) is 4.77. The van der Waals surface area contributed by atoms with Crippen molar-refractivity contribution in [2.24, 2.45) is 11.8 Å². The van der Waals surface area contributed by atoms with Crippen LogP contribution in [0.3, 0.4) is 0 Å². The third-order valence-corrected chi connectivity index (χ3v) is 3.63. The van der Waals surface area contributed by atoms with Crippen molar-refractivity contribution in [2.75, 3.05) is 13.1 Å². The van der Waals surface area contributed by atoms with Crippen LogP contribution in [0.2, 0.25) is 0 Å². The first-order valence-corrected chi connectivity index (χ1v) is 5.13. The fourth-order valence-corrected chi connectivity index (χ4v) is 2.68. The molecule has 0 aromatic rings. The van der Waals surface area contributed by atoms with E-state index in [9.17, 15) is 5.11 Å². The SMILES string of the molecule is C[C@@]1(O)CCCC[C@H]1C1CNC1. The highest BCUT2D eigenvalue weighted by atomic mass is 16.3. The van der Waals surface area contributed by atoms with E-state index in [0.717, 1.165) is 25.4 Å². The van der Waals surface area contributed by atoms with Crippen LogP contribution in [-0.2, 0) is 0 Å². The largest absolute Gasteiger partial charge is 0.390 e. The lowest BCUT2D eigenvalue weighted by Gasteiger charge is -2.45. The summed E-state index contributed by atoms with van der Waals surface area (Å²) in [4.78, 5) is 0. The molecule has 12 heavy (non-hydrogen) atoms. The second kappa shape index (κ2) is 3.00. The van der Waals surface area contributed by atoms with Crippen LogP contribution in [0, 0.1) is 11.8 Å². The first kappa shape index (κ1) is 8.52. The molecule has 0 aromatic carbocycles. The summed E-state index contributed by atoms with van der Waals surface area (Å²) in [5, 5.41) is 13.4. The van der Waals surface area contributed by atoms with Crippen LogP contribution in [0.4, 0.5) is 0 Å². The van der Waals surface area contributed by atoms with Crippen LogP contribution < -0.4 is 5.32 Å². The fraction of sp³-hybridized carbons (Fsp3) is 1.00. The molecular formula is C10H19NO. The van der Waals surface area contributed by atoms with E-state index >= 15 is 0 Å². The Kier molecular flexibility index (Phi) is 2.13. The van der Waals surface area contributed by atoms with E-state index in [2.05, 4.69) is 5.32 Å². The van der Waals surface area contributed by atoms with Crippen molar-refractivity contribution in [1.29, 1.82) is 0 Å². The third-order valence-electron chi connectivity index (χ3n) is 3.63. The van der Waals surface area contributed by atoms with Gasteiger partial charge < -0.3 is 10.4 Å². The van der Waals surface area contributed by atoms with Gasteiger partial charge in [-0.1, -0.05) is 12.8 Å². The molecule has 0 amide bonds. The maximum absolute atomic E-state index is 10.1. The lowest BCUT2D eigenvalue weighted by Crippen LogP contribution is -2.53. The highest BCUT2D eigenvalue weighted by Crippen LogP contribution is 2.39. The first-order valence-electron chi connectivity index (χ1n) is 5.13. The predicted molar refractivity (Wildman–Crippen MR) is 48.9 cm³/mol. The lowest BCUT2D eigenvalue weighted by molar-refractivity contribution is -0.0653. The van der Waals surface area contributed by atoms with Crippen molar-refractivity contribution in [3.63, 3.8) is 0 Å². The predicted octanol–water partition coefficient (Wildman–Crippen LogP) is 1.15. The molecule has 0 spiro atoms. The molecule has 2 N–H and O–H groups in total. The topological polar surface area (TPSA) is 32.3 Å². The maximum Gasteiger partial charge on any atom is 0.0651 e. The Morgan fingerprint density at radius 2 is 2.08 bits per heavy atom. The summed E-state index contributed by atoms with van der Waals surface area (Å²) >= 11 is 0. The van der Waals surface area contributed by atoms with Crippen molar-refractivity contribution in [1.82, 2.24) is 5.32 Å². The zero-order valence-electron chi connectivity index (χ0n) is 7.84. The molecule has 0 bridgehead atoms. The quantitative estimate of drug-likeness (QED) is 0.617. The summed E-state index contributed by atoms with van der Waals surface area (Å²) in [6.45, 7) is 4.27. The minimum atomic E-state index is -0.370. The van der Waals surface area contributed by atoms with Gasteiger partial charge in [0, 0.05) is 0 Å². The van der Waals surface area contributed by atoms with Gasteiger partial charge in [0.15, 0.2) is 0 Å². The molecular weight excluding hydrogens is 150 g/mol. The van der Waals surface area contributed by atoms with Crippen molar-refractivity contribution in [3.8, 4) is 0 Å². The lowest BCUT2D eigenvalue weighted by atomic mass is 9.68. The normalized spacial score (nSPS) is 44.0. The molecule has 1 aliphatic carbocycles. The van der Waals surface area contributed by atoms with Crippen LogP contribution >= 0.6 is 0 Å². The molecule has 2 atom stereocenters. The van der Waals surface area contributed by atoms with Gasteiger partial charge in [0.2, 0.25) is 0 Å². The van der Waals surface area contributed by atoms with Gasteiger partial charge in [-0.2, -0.15) is 0 Å². The van der Waals surface area contributed by atoms with Gasteiger partial charge in [0.05, 0.1) is 5.60 Å². The molecule has 2 aliphatic rings. The van der Waals surface area contributed by atoms with Gasteiger partial charge in [0.1, 0.15) is 0 Å². The Bertz CT molecular complexity index is 163. The maximum atomic E-state index is 10.1. The van der Waals surface area contributed by atoms with Gasteiger partial charge in [0.25, 0.3) is 0 Å². The summed E-state index contributed by atoms with van der Waals surface area (Å²) in [7, 11) is 0. The van der Waals surface area contributed by atoms with Crippen molar-refractivity contribution < 1.29 is 5.11 Å². The molecule has 2 fully saturated rings. The second-order valence-electron chi connectivity index (χ2n) is 4.63. The van der Waals surface area contributed by atoms with Crippen LogP contribution in [-0.4, -0.2) is 23.8 Å². The van der Waals surface area contributed by atoms with Crippen LogP contribution in [0.1, 0.15) is 32.6 Å². The van der Waals surface area contributed by atoms with Crippen molar-refractivity contribution in [2.45, 2.75) is 38.2 Å². The molecule has 1 saturated carbocycles. The second-order valence-corrected chi connectivity index (χ2v) is 4.63. The molecule has 1 aliphatic heterocycles. The Labute approximate surface area is 74.4 Å². The van der Waals surface area contributed by atoms with Crippen LogP contribution in [0.5, 0.6) is 0 Å². The molecule has 0 unspecified atom stereocenters. The van der Waals surface area contributed by atoms with E-state index < -0.39 is 0 Å². The Morgan fingerprint density at radius 3 is 2.58 bits per heavy atom. The zero-order chi connectivity index (χ0) is 8.60. The number of aliphatic hydroxyl groups is 1. The average Bonchev–Trinajstić information content (AvgIpc) is 1.89. The standard InChI is InChI=1S/C10H19NO/c1-10(12)5-3-2-4-9(10)8-6-11-7-8/h8-9,11-12H,2-7H2,1H3/t9-,10+/m0/s1. The summed E-state index contributed by atoms with van der Waals surface area (Å²) < 4.78 is 0. The smallest absolute Gasteiger partial charge is 0.0651 e. The van der Waals surface area contributed by atoms with Gasteiger partial charge in [-0.3, -0.25) is 0 Å². The van der Waals surface area contributed by atoms with Crippen molar-refractivity contribution in [3.05, 3.63) is 0 Å². The van der Waals surface area contributed by atoms with Gasteiger partial charge in [-0.05, 0) is 44.7 Å². The monoisotopic (exact) mass is 169 g/mol. The van der Waals surface area contributed by atoms with E-state index in [1.165, 1.54) is 19.3 Å². The number of hydrogen-bond donors (Lipinski definition) is 2. The molecule has 0 aromatic heterocycles. The van der Waals surface area contributed by atoms with E-state index in [1.807, 2.05) is 6.92 Å². The van der Waals surface area contributed by atoms with Crippen LogP contribution in [0.25, 0.3) is 0 Å². The molecule has 2 heteroatoms. The summed E-state index contributed by atoms with van der Waals surface area (Å²) in [6, 6.07) is 0. The Balaban J connectivity index is 2.00. The fourth-order valence-electron chi connectivity index (χ4n) is 2.68. The molecule has 0 radical (unpaired) electrons. The summed E-state index contributed by atoms with van der Waals surface area (Å²) in [5.41, 5.74) is -0.370. The number of hydrogen-bond acceptors (Lipinski definition) is 2. The average molecular weight is 169 g/mol. The van der Waals surface area contributed by atoms with E-state index in [1.54, 1.807) is 0 Å². The van der Waals surface area contributed by atoms with Crippen molar-refractivity contribution >= 4 is 0 Å². The van der Waals surface area contributed by atoms with E-state index in [0.29, 0.717) is 5.92 Å². The van der Waals surface area contributed by atoms with Gasteiger partial charge in [-0.25, -0.2) is 0 Å². The molecule has 70 valence electrons. The molecule has 1 saturated heterocycles. The summed E-state index contributed by atoms with van der Waals surface area (Å²) in [5.74, 6) is 1.31. The molecule has 1 heterocycles. The van der Waals surface area contributed by atoms with Crippen LogP contribution in [0.15, 0.2) is 0 Å². The minimum Gasteiger partial charge on any atom is -0.390 e. The Morgan fingerprint density at radius 1 is 1.33 bits per heavy atom. The van der Waals surface area contributed by atoms with Gasteiger partial charge >= 0.3 is 0 Å². The first-order chi connectivity index (χ1) is 5.70. The minimum absolute atomic E-state index is 0.370.